The molecule has 0 saturated carbocycles. The van der Waals surface area contributed by atoms with Gasteiger partial charge in [-0.05, 0) is 31.3 Å². The molecule has 0 spiro atoms. The fraction of sp³-hybridized carbons (Fsp3) is 0.318. The number of methoxy groups -OCH3 is 2. The Hall–Kier alpha value is -3.69. The largest absolute Gasteiger partial charge is 0.494 e. The molecule has 1 amide bonds. The molecule has 32 heavy (non-hydrogen) atoms. The summed E-state index contributed by atoms with van der Waals surface area (Å²) in [6, 6.07) is 1.21. The van der Waals surface area contributed by atoms with Crippen molar-refractivity contribution in [1.82, 2.24) is 19.7 Å². The molecular weight excluding hydrogens is 420 g/mol. The molecule has 2 N–H and O–H groups in total. The molecule has 8 nitrogen and oxygen atoms in total. The average molecular weight is 443 g/mol. The Morgan fingerprint density at radius 1 is 1.31 bits per heavy atom. The van der Waals surface area contributed by atoms with E-state index in [1.807, 2.05) is 0 Å². The number of aryl methyl sites for hydroxylation is 1. The highest BCUT2D eigenvalue weighted by Crippen LogP contribution is 2.42. The lowest BCUT2D eigenvalue weighted by molar-refractivity contribution is -0.111. The molecule has 168 valence electrons. The number of nitrogens with zero attached hydrogens (tertiary/aromatic N) is 3. The summed E-state index contributed by atoms with van der Waals surface area (Å²) >= 11 is 0. The summed E-state index contributed by atoms with van der Waals surface area (Å²) in [6.45, 7) is 3.45. The maximum absolute atomic E-state index is 15.0. The van der Waals surface area contributed by atoms with Gasteiger partial charge in [-0.15, -0.1) is 0 Å². The first-order valence-corrected chi connectivity index (χ1v) is 10.0. The Bertz CT molecular complexity index is 1170. The van der Waals surface area contributed by atoms with Gasteiger partial charge in [-0.2, -0.15) is 5.10 Å². The number of anilines is 1. The first kappa shape index (κ1) is 21.5. The fourth-order valence-electron chi connectivity index (χ4n) is 4.18. The van der Waals surface area contributed by atoms with Crippen molar-refractivity contribution < 1.29 is 23.0 Å². The quantitative estimate of drug-likeness (QED) is 0.569. The van der Waals surface area contributed by atoms with Crippen molar-refractivity contribution in [2.45, 2.75) is 25.2 Å². The van der Waals surface area contributed by atoms with E-state index in [9.17, 15) is 13.6 Å². The number of nitrogens with one attached hydrogen (secondary N) is 2. The molecule has 1 aromatic carbocycles. The molecule has 0 fully saturated rings. The van der Waals surface area contributed by atoms with Gasteiger partial charge in [0.2, 0.25) is 5.91 Å². The number of halogens is 2. The maximum atomic E-state index is 15.0. The molecule has 0 saturated heterocycles. The zero-order valence-electron chi connectivity index (χ0n) is 18.0. The van der Waals surface area contributed by atoms with Gasteiger partial charge in [0.1, 0.15) is 11.4 Å². The van der Waals surface area contributed by atoms with Crippen LogP contribution in [0, 0.1) is 11.6 Å². The summed E-state index contributed by atoms with van der Waals surface area (Å²) in [6.07, 6.45) is 4.13. The van der Waals surface area contributed by atoms with Crippen LogP contribution in [0.25, 0.3) is 11.4 Å². The standard InChI is InChI=1S/C22H23F2N5O3/c1-5-16(30)26-22-21(29(2)10-25-22)20-12-7-6-11(8-13(12)27-28-20)17-18(23)14(31-3)9-15(32-4)19(17)24/h5,9-11H,1,6-8H2,2-4H3,(H,26,30)(H,27,28). The van der Waals surface area contributed by atoms with E-state index in [4.69, 9.17) is 9.47 Å². The molecule has 2 heterocycles. The number of fused-ring (bicyclic) bond motifs is 1. The van der Waals surface area contributed by atoms with E-state index >= 15 is 0 Å². The predicted molar refractivity (Wildman–Crippen MR) is 114 cm³/mol. The third-order valence-corrected chi connectivity index (χ3v) is 5.75. The number of hydrogen-bond acceptors (Lipinski definition) is 5. The normalized spacial score (nSPS) is 15.2. The number of aromatic amines is 1. The summed E-state index contributed by atoms with van der Waals surface area (Å²) in [7, 11) is 4.46. The van der Waals surface area contributed by atoms with Crippen molar-refractivity contribution in [1.29, 1.82) is 0 Å². The second-order valence-corrected chi connectivity index (χ2v) is 7.54. The average Bonchev–Trinajstić information content (AvgIpc) is 3.36. The number of amides is 1. The number of benzene rings is 1. The highest BCUT2D eigenvalue weighted by atomic mass is 19.1. The van der Waals surface area contributed by atoms with Gasteiger partial charge in [0.15, 0.2) is 29.0 Å². The smallest absolute Gasteiger partial charge is 0.248 e. The number of ether oxygens (including phenoxy) is 2. The number of carbonyl (C=O) groups is 1. The Balaban J connectivity index is 1.71. The van der Waals surface area contributed by atoms with E-state index in [1.54, 1.807) is 17.9 Å². The summed E-state index contributed by atoms with van der Waals surface area (Å²) in [5, 5.41) is 10.1. The highest BCUT2D eigenvalue weighted by molar-refractivity contribution is 6.00. The lowest BCUT2D eigenvalue weighted by atomic mass is 9.81. The summed E-state index contributed by atoms with van der Waals surface area (Å²) < 4.78 is 41.9. The van der Waals surface area contributed by atoms with Gasteiger partial charge in [-0.25, -0.2) is 13.8 Å². The summed E-state index contributed by atoms with van der Waals surface area (Å²) in [5.74, 6) is -2.01. The second-order valence-electron chi connectivity index (χ2n) is 7.54. The zero-order valence-corrected chi connectivity index (χ0v) is 18.0. The molecule has 3 aromatic rings. The van der Waals surface area contributed by atoms with Crippen molar-refractivity contribution in [3.05, 3.63) is 53.5 Å². The van der Waals surface area contributed by atoms with Crippen LogP contribution in [0.4, 0.5) is 14.6 Å². The van der Waals surface area contributed by atoms with Crippen molar-refractivity contribution >= 4 is 11.7 Å². The van der Waals surface area contributed by atoms with Gasteiger partial charge in [-0.1, -0.05) is 6.58 Å². The van der Waals surface area contributed by atoms with E-state index in [1.165, 1.54) is 20.3 Å². The lowest BCUT2D eigenvalue weighted by Crippen LogP contribution is -2.16. The van der Waals surface area contributed by atoms with Gasteiger partial charge in [0.05, 0.1) is 20.5 Å². The van der Waals surface area contributed by atoms with E-state index < -0.39 is 17.6 Å². The first-order valence-electron chi connectivity index (χ1n) is 10.0. The molecule has 0 bridgehead atoms. The number of rotatable bonds is 6. The van der Waals surface area contributed by atoms with E-state index in [2.05, 4.69) is 27.1 Å². The summed E-state index contributed by atoms with van der Waals surface area (Å²) in [4.78, 5) is 16.0. The van der Waals surface area contributed by atoms with Gasteiger partial charge < -0.3 is 19.4 Å². The Morgan fingerprint density at radius 3 is 2.62 bits per heavy atom. The van der Waals surface area contributed by atoms with E-state index in [-0.39, 0.29) is 23.0 Å². The van der Waals surface area contributed by atoms with Gasteiger partial charge in [-0.3, -0.25) is 9.89 Å². The second kappa shape index (κ2) is 8.45. The van der Waals surface area contributed by atoms with Crippen LogP contribution in [0.3, 0.4) is 0 Å². The van der Waals surface area contributed by atoms with Crippen LogP contribution >= 0.6 is 0 Å². The van der Waals surface area contributed by atoms with Gasteiger partial charge in [0, 0.05) is 29.9 Å². The molecular formula is C22H23F2N5O3. The number of imidazole rings is 1. The van der Waals surface area contributed by atoms with Crippen LogP contribution in [0.15, 0.2) is 25.0 Å². The van der Waals surface area contributed by atoms with Gasteiger partial charge in [0.25, 0.3) is 0 Å². The van der Waals surface area contributed by atoms with Crippen LogP contribution in [0.5, 0.6) is 11.5 Å². The fourth-order valence-corrected chi connectivity index (χ4v) is 4.18. The monoisotopic (exact) mass is 443 g/mol. The Kier molecular flexibility index (Phi) is 5.68. The molecule has 4 rings (SSSR count). The van der Waals surface area contributed by atoms with Crippen molar-refractivity contribution in [2.24, 2.45) is 7.05 Å². The van der Waals surface area contributed by atoms with Crippen LogP contribution in [-0.2, 0) is 24.7 Å². The molecule has 1 aliphatic rings. The maximum Gasteiger partial charge on any atom is 0.248 e. The predicted octanol–water partition coefficient (Wildman–Crippen LogP) is 3.50. The first-order chi connectivity index (χ1) is 15.4. The highest BCUT2D eigenvalue weighted by Gasteiger charge is 2.32. The molecule has 2 aromatic heterocycles. The van der Waals surface area contributed by atoms with Crippen molar-refractivity contribution in [3.63, 3.8) is 0 Å². The minimum atomic E-state index is -0.722. The zero-order chi connectivity index (χ0) is 23.0. The van der Waals surface area contributed by atoms with Crippen molar-refractivity contribution in [3.8, 4) is 22.9 Å². The topological polar surface area (TPSA) is 94.1 Å². The number of carbonyl (C=O) groups excluding carboxylic acids is 1. The van der Waals surface area contributed by atoms with E-state index in [0.29, 0.717) is 36.5 Å². The van der Waals surface area contributed by atoms with Crippen LogP contribution in [0.1, 0.15) is 29.2 Å². The molecule has 0 radical (unpaired) electrons. The molecule has 0 aliphatic heterocycles. The van der Waals surface area contributed by atoms with Crippen LogP contribution < -0.4 is 14.8 Å². The number of H-pyrrole nitrogens is 1. The Labute approximate surface area is 183 Å². The third kappa shape index (κ3) is 3.51. The van der Waals surface area contributed by atoms with Crippen LogP contribution in [0.2, 0.25) is 0 Å². The third-order valence-electron chi connectivity index (χ3n) is 5.75. The number of aromatic nitrogens is 4. The Morgan fingerprint density at radius 2 is 2.00 bits per heavy atom. The van der Waals surface area contributed by atoms with Crippen LogP contribution in [-0.4, -0.2) is 39.9 Å². The lowest BCUT2D eigenvalue weighted by Gasteiger charge is -2.25. The van der Waals surface area contributed by atoms with Gasteiger partial charge >= 0.3 is 0 Å². The molecule has 1 aliphatic carbocycles. The van der Waals surface area contributed by atoms with E-state index in [0.717, 1.165) is 17.3 Å². The minimum absolute atomic E-state index is 0.0533. The SMILES string of the molecule is C=CC(=O)Nc1ncn(C)c1-c1n[nH]c2c1CCC(c1c(F)c(OC)cc(OC)c1F)C2. The van der Waals surface area contributed by atoms with Crippen molar-refractivity contribution in [2.75, 3.05) is 19.5 Å². The molecule has 1 unspecified atom stereocenters. The molecule has 10 heteroatoms. The summed E-state index contributed by atoms with van der Waals surface area (Å²) in [5.41, 5.74) is 2.93. The number of hydrogen-bond donors (Lipinski definition) is 2. The molecule has 1 atom stereocenters. The minimum Gasteiger partial charge on any atom is -0.494 e.